The van der Waals surface area contributed by atoms with Crippen molar-refractivity contribution >= 4 is 33.4 Å². The maximum absolute atomic E-state index is 11.1. The van der Waals surface area contributed by atoms with Gasteiger partial charge in [0.05, 0.1) is 9.82 Å². The lowest BCUT2D eigenvalue weighted by Gasteiger charge is -2.09. The molecule has 2 aromatic rings. The summed E-state index contributed by atoms with van der Waals surface area (Å²) in [6.45, 7) is 0.718. The third kappa shape index (κ3) is 3.59. The van der Waals surface area contributed by atoms with Gasteiger partial charge in [0.15, 0.2) is 0 Å². The van der Waals surface area contributed by atoms with Gasteiger partial charge in [0.2, 0.25) is 0 Å². The maximum atomic E-state index is 11.1. The molecule has 0 saturated carbocycles. The summed E-state index contributed by atoms with van der Waals surface area (Å²) in [4.78, 5) is 12.4. The van der Waals surface area contributed by atoms with Crippen LogP contribution in [-0.2, 0) is 6.54 Å². The molecule has 0 spiro atoms. The fourth-order valence-electron chi connectivity index (χ4n) is 1.77. The molecular formula is C14H13BrN2O2S. The van der Waals surface area contributed by atoms with Crippen molar-refractivity contribution in [1.29, 1.82) is 0 Å². The summed E-state index contributed by atoms with van der Waals surface area (Å²) < 4.78 is 0.957. The standard InChI is InChI=1S/C14H13BrN2O2S/c1-16-9-10-6-7-11(15)8-14(10)20-13-5-3-2-4-12(13)17(18)19/h2-8,16H,9H2,1H3. The van der Waals surface area contributed by atoms with Crippen LogP contribution in [0.15, 0.2) is 56.7 Å². The van der Waals surface area contributed by atoms with E-state index in [1.165, 1.54) is 17.8 Å². The zero-order chi connectivity index (χ0) is 14.5. The van der Waals surface area contributed by atoms with Crippen LogP contribution >= 0.6 is 27.7 Å². The van der Waals surface area contributed by atoms with Gasteiger partial charge >= 0.3 is 0 Å². The first-order valence-corrected chi connectivity index (χ1v) is 7.57. The number of nitro benzene ring substituents is 1. The predicted molar refractivity (Wildman–Crippen MR) is 84.1 cm³/mol. The minimum absolute atomic E-state index is 0.132. The normalized spacial score (nSPS) is 10.5. The molecule has 0 aliphatic rings. The first-order valence-electron chi connectivity index (χ1n) is 5.96. The number of benzene rings is 2. The van der Waals surface area contributed by atoms with E-state index in [-0.39, 0.29) is 10.6 Å². The largest absolute Gasteiger partial charge is 0.316 e. The van der Waals surface area contributed by atoms with Crippen LogP contribution in [0.3, 0.4) is 0 Å². The lowest BCUT2D eigenvalue weighted by molar-refractivity contribution is -0.387. The van der Waals surface area contributed by atoms with E-state index in [9.17, 15) is 10.1 Å². The molecule has 2 aromatic carbocycles. The van der Waals surface area contributed by atoms with Crippen molar-refractivity contribution in [1.82, 2.24) is 5.32 Å². The number of nitrogens with one attached hydrogen (secondary N) is 1. The number of para-hydroxylation sites is 1. The van der Waals surface area contributed by atoms with Gasteiger partial charge in [0, 0.05) is 22.0 Å². The molecule has 104 valence electrons. The van der Waals surface area contributed by atoms with Gasteiger partial charge in [-0.2, -0.15) is 0 Å². The number of rotatable bonds is 5. The van der Waals surface area contributed by atoms with Crippen LogP contribution in [0.25, 0.3) is 0 Å². The lowest BCUT2D eigenvalue weighted by atomic mass is 10.2. The van der Waals surface area contributed by atoms with Crippen LogP contribution in [0, 0.1) is 10.1 Å². The van der Waals surface area contributed by atoms with Gasteiger partial charge in [-0.15, -0.1) is 0 Å². The summed E-state index contributed by atoms with van der Waals surface area (Å²) in [7, 11) is 1.88. The molecule has 0 amide bonds. The van der Waals surface area contributed by atoms with E-state index >= 15 is 0 Å². The third-order valence-electron chi connectivity index (χ3n) is 2.68. The Balaban J connectivity index is 2.39. The molecule has 0 radical (unpaired) electrons. The maximum Gasteiger partial charge on any atom is 0.283 e. The van der Waals surface area contributed by atoms with Crippen LogP contribution in [0.5, 0.6) is 0 Å². The number of nitro groups is 1. The summed E-state index contributed by atoms with van der Waals surface area (Å²) in [5.41, 5.74) is 1.24. The Hall–Kier alpha value is -1.37. The second-order valence-electron chi connectivity index (χ2n) is 4.11. The zero-order valence-electron chi connectivity index (χ0n) is 10.8. The van der Waals surface area contributed by atoms with Gasteiger partial charge in [-0.3, -0.25) is 10.1 Å². The summed E-state index contributed by atoms with van der Waals surface area (Å²) >= 11 is 4.85. The summed E-state index contributed by atoms with van der Waals surface area (Å²) in [6.07, 6.45) is 0. The first-order chi connectivity index (χ1) is 9.61. The smallest absolute Gasteiger partial charge is 0.283 e. The molecule has 20 heavy (non-hydrogen) atoms. The SMILES string of the molecule is CNCc1ccc(Br)cc1Sc1ccccc1[N+](=O)[O-]. The van der Waals surface area contributed by atoms with Crippen LogP contribution in [0.4, 0.5) is 5.69 Å². The Morgan fingerprint density at radius 3 is 2.70 bits per heavy atom. The predicted octanol–water partition coefficient (Wildman–Crippen LogP) is 4.23. The number of hydrogen-bond acceptors (Lipinski definition) is 4. The van der Waals surface area contributed by atoms with Crippen molar-refractivity contribution < 1.29 is 4.92 Å². The van der Waals surface area contributed by atoms with Crippen molar-refractivity contribution in [3.63, 3.8) is 0 Å². The molecule has 6 heteroatoms. The van der Waals surface area contributed by atoms with Gasteiger partial charge in [-0.1, -0.05) is 45.9 Å². The van der Waals surface area contributed by atoms with E-state index < -0.39 is 0 Å². The summed E-state index contributed by atoms with van der Waals surface area (Å²) in [5.74, 6) is 0. The minimum atomic E-state index is -0.349. The molecule has 0 heterocycles. The molecule has 0 unspecified atom stereocenters. The van der Waals surface area contributed by atoms with E-state index in [2.05, 4.69) is 21.2 Å². The van der Waals surface area contributed by atoms with E-state index in [1.54, 1.807) is 12.1 Å². The molecule has 0 saturated heterocycles. The summed E-state index contributed by atoms with van der Waals surface area (Å²) in [6, 6.07) is 12.7. The molecule has 2 rings (SSSR count). The molecule has 0 atom stereocenters. The third-order valence-corrected chi connectivity index (χ3v) is 4.34. The van der Waals surface area contributed by atoms with Gasteiger partial charge in [0.1, 0.15) is 0 Å². The minimum Gasteiger partial charge on any atom is -0.316 e. The van der Waals surface area contributed by atoms with E-state index in [4.69, 9.17) is 0 Å². The highest BCUT2D eigenvalue weighted by molar-refractivity contribution is 9.10. The number of hydrogen-bond donors (Lipinski definition) is 1. The lowest BCUT2D eigenvalue weighted by Crippen LogP contribution is -2.06. The van der Waals surface area contributed by atoms with Gasteiger partial charge in [0.25, 0.3) is 5.69 Å². The van der Waals surface area contributed by atoms with Crippen molar-refractivity contribution in [2.24, 2.45) is 0 Å². The highest BCUT2D eigenvalue weighted by Crippen LogP contribution is 2.37. The monoisotopic (exact) mass is 352 g/mol. The molecule has 0 aromatic heterocycles. The topological polar surface area (TPSA) is 55.2 Å². The highest BCUT2D eigenvalue weighted by Gasteiger charge is 2.15. The second-order valence-corrected chi connectivity index (χ2v) is 6.11. The van der Waals surface area contributed by atoms with E-state index in [0.717, 1.165) is 21.5 Å². The van der Waals surface area contributed by atoms with Crippen LogP contribution < -0.4 is 5.32 Å². The highest BCUT2D eigenvalue weighted by atomic mass is 79.9. The second kappa shape index (κ2) is 6.88. The Morgan fingerprint density at radius 1 is 1.25 bits per heavy atom. The Bertz CT molecular complexity index is 634. The van der Waals surface area contributed by atoms with E-state index in [1.807, 2.05) is 31.3 Å². The molecule has 0 aliphatic carbocycles. The fourth-order valence-corrected chi connectivity index (χ4v) is 3.37. The number of halogens is 1. The van der Waals surface area contributed by atoms with Gasteiger partial charge in [-0.05, 0) is 30.8 Å². The fraction of sp³-hybridized carbons (Fsp3) is 0.143. The van der Waals surface area contributed by atoms with Crippen LogP contribution in [-0.4, -0.2) is 12.0 Å². The van der Waals surface area contributed by atoms with Crippen LogP contribution in [0.2, 0.25) is 0 Å². The molecule has 0 fully saturated rings. The van der Waals surface area contributed by atoms with Gasteiger partial charge < -0.3 is 5.32 Å². The molecule has 1 N–H and O–H groups in total. The van der Waals surface area contributed by atoms with Crippen LogP contribution in [0.1, 0.15) is 5.56 Å². The molecule has 0 aliphatic heterocycles. The average molecular weight is 353 g/mol. The Morgan fingerprint density at radius 2 is 2.00 bits per heavy atom. The molecule has 0 bridgehead atoms. The molecule has 4 nitrogen and oxygen atoms in total. The van der Waals surface area contributed by atoms with Crippen molar-refractivity contribution in [3.05, 3.63) is 62.6 Å². The quantitative estimate of drug-likeness (QED) is 0.646. The Kier molecular flexibility index (Phi) is 5.17. The Labute approximate surface area is 129 Å². The first kappa shape index (κ1) is 15.0. The van der Waals surface area contributed by atoms with Crippen molar-refractivity contribution in [2.45, 2.75) is 16.3 Å². The number of nitrogens with zero attached hydrogens (tertiary/aromatic N) is 1. The van der Waals surface area contributed by atoms with Gasteiger partial charge in [-0.25, -0.2) is 0 Å². The van der Waals surface area contributed by atoms with E-state index in [0.29, 0.717) is 4.90 Å². The van der Waals surface area contributed by atoms with Crippen molar-refractivity contribution in [2.75, 3.05) is 7.05 Å². The molecular weight excluding hydrogens is 340 g/mol. The van der Waals surface area contributed by atoms with Crippen molar-refractivity contribution in [3.8, 4) is 0 Å². The zero-order valence-corrected chi connectivity index (χ0v) is 13.2. The summed E-state index contributed by atoms with van der Waals surface area (Å²) in [5, 5.41) is 14.2. The average Bonchev–Trinajstić information content (AvgIpc) is 2.42.